The van der Waals surface area contributed by atoms with Crippen LogP contribution in [0.5, 0.6) is 0 Å². The predicted octanol–water partition coefficient (Wildman–Crippen LogP) is 1.35. The number of hydrogen-bond donors (Lipinski definition) is 0. The standard InChI is InChI=1S/C6H16B/c1-2-3-4-5-6-7/h2-6H2,1,7H3/q-1. The molecule has 0 fully saturated rings. The van der Waals surface area contributed by atoms with Crippen LogP contribution >= 0.6 is 0 Å². The van der Waals surface area contributed by atoms with Crippen molar-refractivity contribution in [3.05, 3.63) is 0 Å². The van der Waals surface area contributed by atoms with Gasteiger partial charge < -0.3 is 0 Å². The van der Waals surface area contributed by atoms with Crippen LogP contribution in [0.1, 0.15) is 32.6 Å². The first-order valence-corrected chi connectivity index (χ1v) is 2.71. The van der Waals surface area contributed by atoms with E-state index in [1.807, 2.05) is 0 Å². The maximum atomic E-state index is 2.27. The molecule has 0 N–H and O–H groups in total. The highest BCUT2D eigenvalue weighted by molar-refractivity contribution is 6.08. The van der Waals surface area contributed by atoms with Gasteiger partial charge in [0.25, 0.3) is 0 Å². The summed E-state index contributed by atoms with van der Waals surface area (Å²) in [4.78, 5) is 0. The molecule has 0 amide bonds. The molecule has 44 valence electrons. The fourth-order valence-electron chi connectivity index (χ4n) is 0.427. The Labute approximate surface area is 47.7 Å². The first-order chi connectivity index (χ1) is 3.41. The Morgan fingerprint density at radius 2 is 1.86 bits per heavy atom. The van der Waals surface area contributed by atoms with E-state index in [0.717, 1.165) is 7.85 Å². The largest absolute Gasteiger partial charge is 0.187 e. The topological polar surface area (TPSA) is 0 Å². The summed E-state index contributed by atoms with van der Waals surface area (Å²) in [5, 5.41) is 0. The van der Waals surface area contributed by atoms with E-state index in [0.29, 0.717) is 0 Å². The summed E-state index contributed by atoms with van der Waals surface area (Å²) in [6.45, 7) is 2.27. The minimum atomic E-state index is 0.734. The molecule has 0 saturated heterocycles. The Morgan fingerprint density at radius 3 is 2.29 bits per heavy atom. The smallest absolute Gasteiger partial charge is 0.0479 e. The zero-order valence-corrected chi connectivity index (χ0v) is 4.54. The average molecular weight is 99.0 g/mol. The van der Waals surface area contributed by atoms with E-state index >= 15 is 0 Å². The van der Waals surface area contributed by atoms with Crippen molar-refractivity contribution < 1.29 is 0 Å². The van der Waals surface area contributed by atoms with Gasteiger partial charge >= 0.3 is 0 Å². The number of hydrogen-bond acceptors (Lipinski definition) is 0. The van der Waals surface area contributed by atoms with Crippen LogP contribution in [0.3, 0.4) is 0 Å². The van der Waals surface area contributed by atoms with Gasteiger partial charge in [-0.1, -0.05) is 32.6 Å². The molecule has 0 aromatic carbocycles. The summed E-state index contributed by atoms with van der Waals surface area (Å²) < 4.78 is 0. The molecule has 0 spiro atoms. The van der Waals surface area contributed by atoms with Gasteiger partial charge in [-0.05, 0) is 7.85 Å². The molecule has 0 aliphatic heterocycles. The molecule has 1 heteroatoms. The Hall–Kier alpha value is 0.0649. The second-order valence-electron chi connectivity index (χ2n) is 1.56. The van der Waals surface area contributed by atoms with Crippen LogP contribution in [0.25, 0.3) is 0 Å². The van der Waals surface area contributed by atoms with Gasteiger partial charge in [0.2, 0.25) is 0 Å². The van der Waals surface area contributed by atoms with Crippen LogP contribution in [0, 0.1) is 0 Å². The van der Waals surface area contributed by atoms with E-state index in [-0.39, 0.29) is 0 Å². The molecule has 0 aliphatic rings. The van der Waals surface area contributed by atoms with E-state index in [1.54, 1.807) is 6.32 Å². The van der Waals surface area contributed by atoms with Crippen molar-refractivity contribution in [2.45, 2.75) is 38.9 Å². The second kappa shape index (κ2) is 6.06. The lowest BCUT2D eigenvalue weighted by atomic mass is 9.99. The highest BCUT2D eigenvalue weighted by atomic mass is 13.8. The summed E-state index contributed by atoms with van der Waals surface area (Å²) in [5.41, 5.74) is 0. The lowest BCUT2D eigenvalue weighted by Gasteiger charge is -1.93. The van der Waals surface area contributed by atoms with E-state index in [2.05, 4.69) is 6.92 Å². The van der Waals surface area contributed by atoms with Crippen LogP contribution in [0.4, 0.5) is 0 Å². The molecule has 0 bridgehead atoms. The van der Waals surface area contributed by atoms with Crippen LogP contribution < -0.4 is 0 Å². The molecule has 0 heterocycles. The fraction of sp³-hybridized carbons (Fsp3) is 1.00. The first kappa shape index (κ1) is 7.06. The van der Waals surface area contributed by atoms with Gasteiger partial charge in [-0.3, -0.25) is 0 Å². The predicted molar refractivity (Wildman–Crippen MR) is 38.9 cm³/mol. The Kier molecular flexibility index (Phi) is 6.12. The average Bonchev–Trinajstić information content (AvgIpc) is 1.69. The molecule has 7 heavy (non-hydrogen) atoms. The normalized spacial score (nSPS) is 9.43. The third kappa shape index (κ3) is 6.06. The van der Waals surface area contributed by atoms with Gasteiger partial charge in [0.05, 0.1) is 0 Å². The van der Waals surface area contributed by atoms with E-state index in [4.69, 9.17) is 0 Å². The SMILES string of the molecule is [BH3-]CCCCCC. The third-order valence-electron chi connectivity index (χ3n) is 0.854. The van der Waals surface area contributed by atoms with Crippen LogP contribution in [-0.2, 0) is 0 Å². The van der Waals surface area contributed by atoms with E-state index in [9.17, 15) is 0 Å². The molecular weight excluding hydrogens is 82.9 g/mol. The van der Waals surface area contributed by atoms with Crippen molar-refractivity contribution in [1.29, 1.82) is 0 Å². The van der Waals surface area contributed by atoms with Gasteiger partial charge in [-0.15, -0.1) is 0 Å². The van der Waals surface area contributed by atoms with Gasteiger partial charge in [0.15, 0.2) is 0 Å². The number of rotatable bonds is 4. The van der Waals surface area contributed by atoms with Crippen molar-refractivity contribution >= 4 is 7.85 Å². The molecule has 0 aromatic rings. The Morgan fingerprint density at radius 1 is 1.14 bits per heavy atom. The van der Waals surface area contributed by atoms with Crippen molar-refractivity contribution in [1.82, 2.24) is 0 Å². The lowest BCUT2D eigenvalue weighted by molar-refractivity contribution is 0.701. The van der Waals surface area contributed by atoms with Crippen LogP contribution in [0.2, 0.25) is 6.32 Å². The zero-order chi connectivity index (χ0) is 5.54. The summed E-state index contributed by atoms with van der Waals surface area (Å²) in [6.07, 6.45) is 7.50. The van der Waals surface area contributed by atoms with Crippen molar-refractivity contribution in [2.24, 2.45) is 0 Å². The molecule has 0 radical (unpaired) electrons. The third-order valence-corrected chi connectivity index (χ3v) is 0.854. The molecule has 0 unspecified atom stereocenters. The minimum absolute atomic E-state index is 0.734. The van der Waals surface area contributed by atoms with Crippen LogP contribution in [0.15, 0.2) is 0 Å². The molecule has 0 aliphatic carbocycles. The van der Waals surface area contributed by atoms with Gasteiger partial charge in [0.1, 0.15) is 0 Å². The van der Waals surface area contributed by atoms with Gasteiger partial charge in [-0.2, -0.15) is 6.32 Å². The molecule has 0 atom stereocenters. The summed E-state index contributed by atoms with van der Waals surface area (Å²) in [7, 11) is 0.734. The van der Waals surface area contributed by atoms with Gasteiger partial charge in [0, 0.05) is 0 Å². The van der Waals surface area contributed by atoms with E-state index < -0.39 is 0 Å². The van der Waals surface area contributed by atoms with Crippen molar-refractivity contribution in [3.63, 3.8) is 0 Å². The monoisotopic (exact) mass is 99.1 g/mol. The summed E-state index contributed by atoms with van der Waals surface area (Å²) >= 11 is 0. The van der Waals surface area contributed by atoms with Crippen molar-refractivity contribution in [3.8, 4) is 0 Å². The quantitative estimate of drug-likeness (QED) is 0.368. The summed E-state index contributed by atoms with van der Waals surface area (Å²) in [5.74, 6) is 0. The zero-order valence-electron chi connectivity index (χ0n) is 4.54. The molecule has 0 saturated carbocycles. The Bertz CT molecular complexity index is 23.4. The Balaban J connectivity index is 2.45. The first-order valence-electron chi connectivity index (χ1n) is 2.71. The minimum Gasteiger partial charge on any atom is -0.187 e. The number of unbranched alkanes of at least 4 members (excludes halogenated alkanes) is 3. The second-order valence-corrected chi connectivity index (χ2v) is 1.56. The molecule has 0 aromatic heterocycles. The van der Waals surface area contributed by atoms with Crippen molar-refractivity contribution in [2.75, 3.05) is 0 Å². The van der Waals surface area contributed by atoms with E-state index in [1.165, 1.54) is 25.7 Å². The molecule has 0 nitrogen and oxygen atoms in total. The summed E-state index contributed by atoms with van der Waals surface area (Å²) in [6, 6.07) is 0. The molecule has 0 rings (SSSR count). The van der Waals surface area contributed by atoms with Gasteiger partial charge in [-0.25, -0.2) is 0 Å². The fourth-order valence-corrected chi connectivity index (χ4v) is 0.427. The molecular formula is C6H16B-. The maximum absolute atomic E-state index is 2.27. The highest BCUT2D eigenvalue weighted by Gasteiger charge is 1.77. The highest BCUT2D eigenvalue weighted by Crippen LogP contribution is 1.99. The lowest BCUT2D eigenvalue weighted by Crippen LogP contribution is -1.72. The maximum Gasteiger partial charge on any atom is -0.0479 e. The van der Waals surface area contributed by atoms with Crippen LogP contribution in [-0.4, -0.2) is 7.85 Å².